The fourth-order valence-corrected chi connectivity index (χ4v) is 4.14. The monoisotopic (exact) mass is 335 g/mol. The van der Waals surface area contributed by atoms with E-state index in [1.54, 1.807) is 6.07 Å². The third-order valence-electron chi connectivity index (χ3n) is 4.62. The zero-order valence-electron chi connectivity index (χ0n) is 10.4. The molecule has 5 heteroatoms. The Kier molecular flexibility index (Phi) is 2.46. The number of carbonyl (C=O) groups is 2. The van der Waals surface area contributed by atoms with E-state index in [4.69, 9.17) is 0 Å². The van der Waals surface area contributed by atoms with Crippen molar-refractivity contribution in [3.8, 4) is 0 Å². The SMILES string of the molecule is O=C1[C@H]2[C@H](C(=O)N1c1ccc(Br)cc1F)[C@H]1C=C[C@H]2C1. The molecule has 1 saturated heterocycles. The van der Waals surface area contributed by atoms with Crippen LogP contribution in [0, 0.1) is 29.5 Å². The molecule has 0 unspecified atom stereocenters. The van der Waals surface area contributed by atoms with Crippen molar-refractivity contribution in [1.82, 2.24) is 0 Å². The molecule has 3 nitrogen and oxygen atoms in total. The average Bonchev–Trinajstić information content (AvgIpc) is 3.06. The summed E-state index contributed by atoms with van der Waals surface area (Å²) in [5.74, 6) is -1.35. The molecule has 1 aromatic carbocycles. The summed E-state index contributed by atoms with van der Waals surface area (Å²) in [7, 11) is 0. The van der Waals surface area contributed by atoms with Gasteiger partial charge in [-0.3, -0.25) is 9.59 Å². The van der Waals surface area contributed by atoms with Crippen LogP contribution in [0.3, 0.4) is 0 Å². The number of imide groups is 1. The number of hydrogen-bond donors (Lipinski definition) is 0. The summed E-state index contributed by atoms with van der Waals surface area (Å²) in [5, 5.41) is 0. The highest BCUT2D eigenvalue weighted by Gasteiger charge is 2.59. The van der Waals surface area contributed by atoms with Crippen molar-refractivity contribution in [1.29, 1.82) is 0 Å². The number of hydrogen-bond acceptors (Lipinski definition) is 2. The molecule has 2 aliphatic carbocycles. The van der Waals surface area contributed by atoms with Crippen LogP contribution in [0.5, 0.6) is 0 Å². The van der Waals surface area contributed by atoms with Gasteiger partial charge in [-0.1, -0.05) is 28.1 Å². The Bertz CT molecular complexity index is 642. The lowest BCUT2D eigenvalue weighted by atomic mass is 9.85. The number of rotatable bonds is 1. The van der Waals surface area contributed by atoms with Crippen LogP contribution in [-0.2, 0) is 9.59 Å². The lowest BCUT2D eigenvalue weighted by Crippen LogP contribution is -2.33. The third-order valence-corrected chi connectivity index (χ3v) is 5.11. The molecule has 2 amide bonds. The standard InChI is InChI=1S/C15H11BrFNO2/c16-9-3-4-11(10(17)6-9)18-14(19)12-7-1-2-8(5-7)13(12)15(18)20/h1-4,6-8,12-13H,5H2/t7-,8-,12+,13+/m0/s1. The highest BCUT2D eigenvalue weighted by atomic mass is 79.9. The fourth-order valence-electron chi connectivity index (χ4n) is 3.80. The molecule has 4 atom stereocenters. The Labute approximate surface area is 123 Å². The molecule has 20 heavy (non-hydrogen) atoms. The van der Waals surface area contributed by atoms with Gasteiger partial charge in [0.15, 0.2) is 0 Å². The number of anilines is 1. The van der Waals surface area contributed by atoms with E-state index < -0.39 is 5.82 Å². The van der Waals surface area contributed by atoms with Gasteiger partial charge >= 0.3 is 0 Å². The number of fused-ring (bicyclic) bond motifs is 5. The first-order chi connectivity index (χ1) is 9.58. The summed E-state index contributed by atoms with van der Waals surface area (Å²) < 4.78 is 14.6. The predicted octanol–water partition coefficient (Wildman–Crippen LogP) is 2.90. The van der Waals surface area contributed by atoms with Crippen molar-refractivity contribution in [3.63, 3.8) is 0 Å². The van der Waals surface area contributed by atoms with E-state index in [0.29, 0.717) is 4.47 Å². The third kappa shape index (κ3) is 1.44. The second-order valence-corrected chi connectivity index (χ2v) is 6.52. The second-order valence-electron chi connectivity index (χ2n) is 5.61. The molecule has 102 valence electrons. The molecule has 3 aliphatic rings. The van der Waals surface area contributed by atoms with E-state index in [1.165, 1.54) is 12.1 Å². The maximum atomic E-state index is 14.0. The molecular formula is C15H11BrFNO2. The minimum Gasteiger partial charge on any atom is -0.274 e. The molecule has 4 rings (SSSR count). The molecule has 2 bridgehead atoms. The molecule has 0 aromatic heterocycles. The van der Waals surface area contributed by atoms with Gasteiger partial charge in [0.05, 0.1) is 17.5 Å². The summed E-state index contributed by atoms with van der Waals surface area (Å²) in [4.78, 5) is 26.1. The van der Waals surface area contributed by atoms with E-state index in [1.807, 2.05) is 12.2 Å². The molecule has 0 N–H and O–H groups in total. The first-order valence-corrected chi connectivity index (χ1v) is 7.38. The molecule has 1 heterocycles. The van der Waals surface area contributed by atoms with Crippen LogP contribution in [0.15, 0.2) is 34.8 Å². The van der Waals surface area contributed by atoms with Crippen LogP contribution in [0.4, 0.5) is 10.1 Å². The van der Waals surface area contributed by atoms with Crippen LogP contribution in [0.1, 0.15) is 6.42 Å². The molecule has 2 fully saturated rings. The Hall–Kier alpha value is -1.49. The summed E-state index contributed by atoms with van der Waals surface area (Å²) >= 11 is 3.17. The highest BCUT2D eigenvalue weighted by Crippen LogP contribution is 2.53. The smallest absolute Gasteiger partial charge is 0.238 e. The van der Waals surface area contributed by atoms with Crippen LogP contribution < -0.4 is 4.90 Å². The van der Waals surface area contributed by atoms with Gasteiger partial charge in [-0.15, -0.1) is 0 Å². The van der Waals surface area contributed by atoms with E-state index in [0.717, 1.165) is 11.3 Å². The second kappa shape index (κ2) is 4.01. The van der Waals surface area contributed by atoms with E-state index in [2.05, 4.69) is 15.9 Å². The minimum atomic E-state index is -0.554. The van der Waals surface area contributed by atoms with Gasteiger partial charge in [0, 0.05) is 4.47 Å². The van der Waals surface area contributed by atoms with Gasteiger partial charge < -0.3 is 0 Å². The number of benzene rings is 1. The largest absolute Gasteiger partial charge is 0.274 e. The number of halogens is 2. The van der Waals surface area contributed by atoms with E-state index >= 15 is 0 Å². The molecule has 1 aromatic rings. The predicted molar refractivity (Wildman–Crippen MR) is 74.3 cm³/mol. The van der Waals surface area contributed by atoms with Gasteiger partial charge in [0.2, 0.25) is 11.8 Å². The number of allylic oxidation sites excluding steroid dienone is 2. The summed E-state index contributed by atoms with van der Waals surface area (Å²) in [5.41, 5.74) is 0.0667. The first kappa shape index (κ1) is 12.3. The van der Waals surface area contributed by atoms with Gasteiger partial charge in [-0.05, 0) is 36.5 Å². The summed E-state index contributed by atoms with van der Waals surface area (Å²) in [6.07, 6.45) is 4.93. The van der Waals surface area contributed by atoms with Crippen molar-refractivity contribution in [2.75, 3.05) is 4.90 Å². The summed E-state index contributed by atoms with van der Waals surface area (Å²) in [6.45, 7) is 0. The van der Waals surface area contributed by atoms with Crippen LogP contribution in [0.2, 0.25) is 0 Å². The Morgan fingerprint density at radius 1 is 1.10 bits per heavy atom. The van der Waals surface area contributed by atoms with Crippen molar-refractivity contribution >= 4 is 33.4 Å². The molecule has 1 saturated carbocycles. The first-order valence-electron chi connectivity index (χ1n) is 6.59. The molecule has 1 aliphatic heterocycles. The Morgan fingerprint density at radius 2 is 1.70 bits per heavy atom. The van der Waals surface area contributed by atoms with E-state index in [9.17, 15) is 14.0 Å². The lowest BCUT2D eigenvalue weighted by molar-refractivity contribution is -0.123. The van der Waals surface area contributed by atoms with Crippen LogP contribution >= 0.6 is 15.9 Å². The van der Waals surface area contributed by atoms with E-state index in [-0.39, 0.29) is 41.2 Å². The lowest BCUT2D eigenvalue weighted by Gasteiger charge is -2.18. The van der Waals surface area contributed by atoms with Gasteiger partial charge in [-0.25, -0.2) is 9.29 Å². The highest BCUT2D eigenvalue weighted by molar-refractivity contribution is 9.10. The maximum Gasteiger partial charge on any atom is 0.238 e. The molecule has 0 spiro atoms. The number of carbonyl (C=O) groups excluding carboxylic acids is 2. The van der Waals surface area contributed by atoms with Crippen molar-refractivity contribution < 1.29 is 14.0 Å². The Balaban J connectivity index is 1.78. The zero-order valence-corrected chi connectivity index (χ0v) is 12.0. The van der Waals surface area contributed by atoms with Gasteiger partial charge in [0.25, 0.3) is 0 Å². The minimum absolute atomic E-state index is 0.0667. The van der Waals surface area contributed by atoms with Crippen LogP contribution in [-0.4, -0.2) is 11.8 Å². The van der Waals surface area contributed by atoms with Gasteiger partial charge in [-0.2, -0.15) is 0 Å². The summed E-state index contributed by atoms with van der Waals surface area (Å²) in [6, 6.07) is 4.39. The maximum absolute atomic E-state index is 14.0. The fraction of sp³-hybridized carbons (Fsp3) is 0.333. The van der Waals surface area contributed by atoms with Crippen molar-refractivity contribution in [2.45, 2.75) is 6.42 Å². The average molecular weight is 336 g/mol. The number of nitrogens with zero attached hydrogens (tertiary/aromatic N) is 1. The number of amides is 2. The van der Waals surface area contributed by atoms with Gasteiger partial charge in [0.1, 0.15) is 5.82 Å². The topological polar surface area (TPSA) is 37.4 Å². The van der Waals surface area contributed by atoms with Crippen LogP contribution in [0.25, 0.3) is 0 Å². The quantitative estimate of drug-likeness (QED) is 0.584. The Morgan fingerprint density at radius 3 is 2.25 bits per heavy atom. The van der Waals surface area contributed by atoms with Crippen molar-refractivity contribution in [2.24, 2.45) is 23.7 Å². The van der Waals surface area contributed by atoms with Crippen molar-refractivity contribution in [3.05, 3.63) is 40.6 Å². The zero-order chi connectivity index (χ0) is 14.0. The molecular weight excluding hydrogens is 325 g/mol. The normalized spacial score (nSPS) is 34.2. The molecule has 0 radical (unpaired) electrons.